The van der Waals surface area contributed by atoms with Gasteiger partial charge in [-0.05, 0) is 18.6 Å². The summed E-state index contributed by atoms with van der Waals surface area (Å²) in [4.78, 5) is 15.4. The van der Waals surface area contributed by atoms with Gasteiger partial charge in [-0.1, -0.05) is 26.8 Å². The van der Waals surface area contributed by atoms with Crippen LogP contribution in [-0.4, -0.2) is 22.0 Å². The van der Waals surface area contributed by atoms with Crippen molar-refractivity contribution in [3.05, 3.63) is 41.5 Å². The standard InChI is InChI=1S/C16H23N5/c1-11-13(17)19-15(16(2,3)4)20-14(11)21(5)10-12-7-6-8-18-9-12/h6-9H,10H2,1-5H3,(H2,17,19,20). The molecule has 0 saturated carbocycles. The Balaban J connectivity index is 2.36. The van der Waals surface area contributed by atoms with Crippen LogP contribution in [0.3, 0.4) is 0 Å². The molecule has 5 heteroatoms. The van der Waals surface area contributed by atoms with Crippen LogP contribution in [0.1, 0.15) is 37.7 Å². The van der Waals surface area contributed by atoms with E-state index in [-0.39, 0.29) is 5.41 Å². The highest BCUT2D eigenvalue weighted by atomic mass is 15.2. The molecule has 0 fully saturated rings. The van der Waals surface area contributed by atoms with Crippen LogP contribution in [0.2, 0.25) is 0 Å². The van der Waals surface area contributed by atoms with Gasteiger partial charge in [0, 0.05) is 37.0 Å². The van der Waals surface area contributed by atoms with Gasteiger partial charge in [-0.2, -0.15) is 0 Å². The molecule has 5 nitrogen and oxygen atoms in total. The molecule has 2 aromatic rings. The summed E-state index contributed by atoms with van der Waals surface area (Å²) in [6, 6.07) is 3.99. The highest BCUT2D eigenvalue weighted by Gasteiger charge is 2.21. The van der Waals surface area contributed by atoms with Crippen LogP contribution < -0.4 is 10.6 Å². The number of hydrogen-bond acceptors (Lipinski definition) is 5. The van der Waals surface area contributed by atoms with Crippen molar-refractivity contribution in [2.75, 3.05) is 17.7 Å². The average Bonchev–Trinajstić information content (AvgIpc) is 2.41. The molecule has 0 bridgehead atoms. The fourth-order valence-corrected chi connectivity index (χ4v) is 2.07. The summed E-state index contributed by atoms with van der Waals surface area (Å²) in [6.45, 7) is 8.94. The van der Waals surface area contributed by atoms with E-state index in [0.717, 1.165) is 29.3 Å². The highest BCUT2D eigenvalue weighted by molar-refractivity contribution is 5.56. The van der Waals surface area contributed by atoms with E-state index >= 15 is 0 Å². The molecule has 2 N–H and O–H groups in total. The maximum Gasteiger partial charge on any atom is 0.138 e. The molecule has 0 amide bonds. The lowest BCUT2D eigenvalue weighted by Crippen LogP contribution is -2.24. The Kier molecular flexibility index (Phi) is 4.11. The molecule has 0 radical (unpaired) electrons. The van der Waals surface area contributed by atoms with Gasteiger partial charge in [-0.25, -0.2) is 9.97 Å². The van der Waals surface area contributed by atoms with Crippen molar-refractivity contribution in [3.63, 3.8) is 0 Å². The van der Waals surface area contributed by atoms with E-state index in [1.807, 2.05) is 32.3 Å². The van der Waals surface area contributed by atoms with Gasteiger partial charge in [-0.15, -0.1) is 0 Å². The van der Waals surface area contributed by atoms with E-state index in [0.29, 0.717) is 5.82 Å². The first-order chi connectivity index (χ1) is 9.79. The van der Waals surface area contributed by atoms with Crippen LogP contribution in [0, 0.1) is 6.92 Å². The predicted molar refractivity (Wildman–Crippen MR) is 86.2 cm³/mol. The van der Waals surface area contributed by atoms with Crippen molar-refractivity contribution >= 4 is 11.6 Å². The van der Waals surface area contributed by atoms with E-state index in [1.54, 1.807) is 6.20 Å². The van der Waals surface area contributed by atoms with Gasteiger partial charge in [0.2, 0.25) is 0 Å². The van der Waals surface area contributed by atoms with Crippen molar-refractivity contribution in [1.29, 1.82) is 0 Å². The van der Waals surface area contributed by atoms with Crippen LogP contribution in [-0.2, 0) is 12.0 Å². The largest absolute Gasteiger partial charge is 0.383 e. The summed E-state index contributed by atoms with van der Waals surface area (Å²) in [5.74, 6) is 2.18. The number of rotatable bonds is 3. The molecule has 21 heavy (non-hydrogen) atoms. The molecule has 0 spiro atoms. The molecule has 0 aliphatic rings. The summed E-state index contributed by atoms with van der Waals surface area (Å²) in [7, 11) is 2.01. The van der Waals surface area contributed by atoms with E-state index in [9.17, 15) is 0 Å². The Morgan fingerprint density at radius 3 is 2.52 bits per heavy atom. The Morgan fingerprint density at radius 2 is 1.95 bits per heavy atom. The Labute approximate surface area is 126 Å². The minimum absolute atomic E-state index is 0.133. The van der Waals surface area contributed by atoms with Crippen LogP contribution in [0.25, 0.3) is 0 Å². The van der Waals surface area contributed by atoms with Gasteiger partial charge >= 0.3 is 0 Å². The third-order valence-electron chi connectivity index (χ3n) is 3.33. The van der Waals surface area contributed by atoms with E-state index in [4.69, 9.17) is 10.7 Å². The zero-order valence-corrected chi connectivity index (χ0v) is 13.4. The van der Waals surface area contributed by atoms with E-state index < -0.39 is 0 Å². The van der Waals surface area contributed by atoms with Gasteiger partial charge in [0.1, 0.15) is 17.5 Å². The van der Waals surface area contributed by atoms with Crippen molar-refractivity contribution in [2.24, 2.45) is 0 Å². The van der Waals surface area contributed by atoms with Crippen molar-refractivity contribution in [2.45, 2.75) is 39.7 Å². The first-order valence-corrected chi connectivity index (χ1v) is 7.03. The smallest absolute Gasteiger partial charge is 0.138 e. The SMILES string of the molecule is Cc1c(N)nc(C(C)(C)C)nc1N(C)Cc1cccnc1. The number of nitrogens with two attached hydrogens (primary N) is 1. The van der Waals surface area contributed by atoms with E-state index in [1.165, 1.54) is 0 Å². The van der Waals surface area contributed by atoms with E-state index in [2.05, 4.69) is 35.6 Å². The third kappa shape index (κ3) is 3.48. The number of nitrogens with zero attached hydrogens (tertiary/aromatic N) is 4. The van der Waals surface area contributed by atoms with Gasteiger partial charge in [0.15, 0.2) is 0 Å². The van der Waals surface area contributed by atoms with Gasteiger partial charge in [0.05, 0.1) is 0 Å². The number of nitrogen functional groups attached to an aromatic ring is 1. The quantitative estimate of drug-likeness (QED) is 0.939. The van der Waals surface area contributed by atoms with Crippen LogP contribution in [0.15, 0.2) is 24.5 Å². The number of aromatic nitrogens is 3. The molecule has 112 valence electrons. The predicted octanol–water partition coefficient (Wildman–Crippen LogP) is 2.70. The highest BCUT2D eigenvalue weighted by Crippen LogP contribution is 2.27. The van der Waals surface area contributed by atoms with Crippen molar-refractivity contribution in [1.82, 2.24) is 15.0 Å². The Morgan fingerprint density at radius 1 is 1.24 bits per heavy atom. The second kappa shape index (κ2) is 5.68. The van der Waals surface area contributed by atoms with Crippen LogP contribution in [0.5, 0.6) is 0 Å². The lowest BCUT2D eigenvalue weighted by atomic mass is 9.95. The lowest BCUT2D eigenvalue weighted by molar-refractivity contribution is 0.545. The minimum atomic E-state index is -0.133. The normalized spacial score (nSPS) is 11.5. The second-order valence-electron chi connectivity index (χ2n) is 6.35. The van der Waals surface area contributed by atoms with Gasteiger partial charge < -0.3 is 10.6 Å². The molecule has 0 unspecified atom stereocenters. The summed E-state index contributed by atoms with van der Waals surface area (Å²) in [5, 5.41) is 0. The zero-order chi connectivity index (χ0) is 15.6. The van der Waals surface area contributed by atoms with Crippen LogP contribution in [0.4, 0.5) is 11.6 Å². The second-order valence-corrected chi connectivity index (χ2v) is 6.35. The molecular weight excluding hydrogens is 262 g/mol. The maximum atomic E-state index is 6.06. The summed E-state index contributed by atoms with van der Waals surface area (Å²) in [6.07, 6.45) is 3.64. The monoisotopic (exact) mass is 285 g/mol. The van der Waals surface area contributed by atoms with Crippen molar-refractivity contribution in [3.8, 4) is 0 Å². The summed E-state index contributed by atoms with van der Waals surface area (Å²) in [5.41, 5.74) is 7.97. The molecule has 2 rings (SSSR count). The van der Waals surface area contributed by atoms with Crippen molar-refractivity contribution < 1.29 is 0 Å². The fraction of sp³-hybridized carbons (Fsp3) is 0.438. The fourth-order valence-electron chi connectivity index (χ4n) is 2.07. The zero-order valence-electron chi connectivity index (χ0n) is 13.4. The number of hydrogen-bond donors (Lipinski definition) is 1. The molecule has 0 saturated heterocycles. The lowest BCUT2D eigenvalue weighted by Gasteiger charge is -2.24. The minimum Gasteiger partial charge on any atom is -0.383 e. The average molecular weight is 285 g/mol. The van der Waals surface area contributed by atoms with Gasteiger partial charge in [0.25, 0.3) is 0 Å². The van der Waals surface area contributed by atoms with Crippen LogP contribution >= 0.6 is 0 Å². The molecule has 0 aliphatic carbocycles. The maximum absolute atomic E-state index is 6.06. The number of pyridine rings is 1. The molecule has 0 aliphatic heterocycles. The number of anilines is 2. The molecule has 2 aromatic heterocycles. The first-order valence-electron chi connectivity index (χ1n) is 7.03. The Bertz CT molecular complexity index is 617. The molecule has 2 heterocycles. The molecular formula is C16H23N5. The third-order valence-corrected chi connectivity index (χ3v) is 3.33. The summed E-state index contributed by atoms with van der Waals surface area (Å²) >= 11 is 0. The van der Waals surface area contributed by atoms with Gasteiger partial charge in [-0.3, -0.25) is 4.98 Å². The molecule has 0 atom stereocenters. The first kappa shape index (κ1) is 15.2. The Hall–Kier alpha value is -2.17. The molecule has 0 aromatic carbocycles. The summed E-state index contributed by atoms with van der Waals surface area (Å²) < 4.78 is 0. The topological polar surface area (TPSA) is 67.9 Å².